The van der Waals surface area contributed by atoms with E-state index in [1.165, 1.54) is 16.2 Å². The zero-order valence-electron chi connectivity index (χ0n) is 15.5. The summed E-state index contributed by atoms with van der Waals surface area (Å²) in [6.45, 7) is 3.73. The second-order valence-electron chi connectivity index (χ2n) is 5.99. The van der Waals surface area contributed by atoms with Gasteiger partial charge in [0.1, 0.15) is 10.7 Å². The van der Waals surface area contributed by atoms with E-state index in [-0.39, 0.29) is 24.4 Å². The molecule has 0 saturated carbocycles. The van der Waals surface area contributed by atoms with Crippen molar-refractivity contribution in [2.75, 3.05) is 27.8 Å². The number of hydrogen-bond acceptors (Lipinski definition) is 6. The Morgan fingerprint density at radius 2 is 1.92 bits per heavy atom. The molecule has 0 radical (unpaired) electrons. The largest absolute Gasteiger partial charge is 0.493 e. The number of nitrogens with one attached hydrogen (secondary N) is 1. The molecule has 0 bridgehead atoms. The molecule has 0 aliphatic carbocycles. The van der Waals surface area contributed by atoms with Crippen molar-refractivity contribution < 1.29 is 19.1 Å². The van der Waals surface area contributed by atoms with Gasteiger partial charge in [0.05, 0.1) is 20.8 Å². The summed E-state index contributed by atoms with van der Waals surface area (Å²) in [6, 6.07) is 5.49. The molecule has 1 N–H and O–H groups in total. The summed E-state index contributed by atoms with van der Waals surface area (Å²) in [5.74, 6) is 0.716. The first-order valence-electron chi connectivity index (χ1n) is 8.08. The van der Waals surface area contributed by atoms with Gasteiger partial charge in [-0.1, -0.05) is 0 Å². The number of benzene rings is 1. The molecule has 1 heterocycles. The number of amides is 2. The Morgan fingerprint density at radius 1 is 1.23 bits per heavy atom. The molecule has 0 atom stereocenters. The molecule has 0 aliphatic heterocycles. The molecule has 7 nitrogen and oxygen atoms in total. The Bertz CT molecular complexity index is 788. The number of thiazole rings is 1. The standard InChI is InChI=1S/C18H23N3O4S/c1-11(2)19-16(22)9-21(3)18(23)13-10-26-17(20-13)12-6-7-14(24-4)15(8-12)25-5/h6-8,10-11H,9H2,1-5H3,(H,19,22). The topological polar surface area (TPSA) is 80.8 Å². The van der Waals surface area contributed by atoms with Crippen LogP contribution in [0.3, 0.4) is 0 Å². The molecule has 1 aromatic carbocycles. The lowest BCUT2D eigenvalue weighted by atomic mass is 10.2. The molecular formula is C18H23N3O4S. The number of aromatic nitrogens is 1. The van der Waals surface area contributed by atoms with Gasteiger partial charge >= 0.3 is 0 Å². The molecule has 26 heavy (non-hydrogen) atoms. The SMILES string of the molecule is COc1ccc(-c2nc(C(=O)N(C)CC(=O)NC(C)C)cs2)cc1OC. The average Bonchev–Trinajstić information content (AvgIpc) is 3.09. The minimum atomic E-state index is -0.299. The van der Waals surface area contributed by atoms with Crippen LogP contribution in [0.15, 0.2) is 23.6 Å². The molecule has 2 rings (SSSR count). The first-order valence-corrected chi connectivity index (χ1v) is 8.96. The van der Waals surface area contributed by atoms with Gasteiger partial charge < -0.3 is 19.7 Å². The van der Waals surface area contributed by atoms with E-state index < -0.39 is 0 Å². The second kappa shape index (κ2) is 8.66. The average molecular weight is 377 g/mol. The predicted octanol–water partition coefficient (Wildman–Crippen LogP) is 2.42. The van der Waals surface area contributed by atoms with Crippen LogP contribution in [0.4, 0.5) is 0 Å². The third kappa shape index (κ3) is 4.72. The number of methoxy groups -OCH3 is 2. The van der Waals surface area contributed by atoms with Crippen LogP contribution in [0, 0.1) is 0 Å². The quantitative estimate of drug-likeness (QED) is 0.801. The number of rotatable bonds is 7. The summed E-state index contributed by atoms with van der Waals surface area (Å²) in [5, 5.41) is 5.13. The van der Waals surface area contributed by atoms with Crippen molar-refractivity contribution in [3.05, 3.63) is 29.3 Å². The monoisotopic (exact) mass is 377 g/mol. The summed E-state index contributed by atoms with van der Waals surface area (Å²) in [4.78, 5) is 30.0. The highest BCUT2D eigenvalue weighted by atomic mass is 32.1. The van der Waals surface area contributed by atoms with E-state index in [0.29, 0.717) is 22.2 Å². The van der Waals surface area contributed by atoms with Crippen LogP contribution in [-0.4, -0.2) is 55.6 Å². The van der Waals surface area contributed by atoms with Gasteiger partial charge in [-0.2, -0.15) is 0 Å². The Hall–Kier alpha value is -2.61. The van der Waals surface area contributed by atoms with Gasteiger partial charge in [0.25, 0.3) is 5.91 Å². The van der Waals surface area contributed by atoms with Gasteiger partial charge in [-0.25, -0.2) is 4.98 Å². The van der Waals surface area contributed by atoms with Crippen LogP contribution in [0.2, 0.25) is 0 Å². The molecular weight excluding hydrogens is 354 g/mol. The van der Waals surface area contributed by atoms with E-state index in [0.717, 1.165) is 5.56 Å². The van der Waals surface area contributed by atoms with Crippen molar-refractivity contribution in [1.82, 2.24) is 15.2 Å². The third-order valence-corrected chi connectivity index (χ3v) is 4.42. The zero-order valence-corrected chi connectivity index (χ0v) is 16.3. The lowest BCUT2D eigenvalue weighted by molar-refractivity contribution is -0.122. The maximum atomic E-state index is 12.5. The van der Waals surface area contributed by atoms with Gasteiger partial charge in [-0.15, -0.1) is 11.3 Å². The Balaban J connectivity index is 2.14. The predicted molar refractivity (Wildman–Crippen MR) is 101 cm³/mol. The zero-order chi connectivity index (χ0) is 19.3. The van der Waals surface area contributed by atoms with Gasteiger partial charge in [-0.3, -0.25) is 9.59 Å². The fourth-order valence-corrected chi connectivity index (χ4v) is 3.12. The minimum Gasteiger partial charge on any atom is -0.493 e. The van der Waals surface area contributed by atoms with Gasteiger partial charge in [0.15, 0.2) is 11.5 Å². The van der Waals surface area contributed by atoms with Crippen molar-refractivity contribution in [2.45, 2.75) is 19.9 Å². The van der Waals surface area contributed by atoms with Gasteiger partial charge in [-0.05, 0) is 32.0 Å². The number of likely N-dealkylation sites (N-methyl/N-ethyl adjacent to an activating group) is 1. The smallest absolute Gasteiger partial charge is 0.273 e. The molecule has 0 fully saturated rings. The number of nitrogens with zero attached hydrogens (tertiary/aromatic N) is 2. The first kappa shape index (κ1) is 19.7. The van der Waals surface area contributed by atoms with Crippen LogP contribution in [0.1, 0.15) is 24.3 Å². The van der Waals surface area contributed by atoms with Crippen LogP contribution in [-0.2, 0) is 4.79 Å². The van der Waals surface area contributed by atoms with E-state index in [9.17, 15) is 9.59 Å². The summed E-state index contributed by atoms with van der Waals surface area (Å²) >= 11 is 1.36. The van der Waals surface area contributed by atoms with E-state index in [1.807, 2.05) is 26.0 Å². The van der Waals surface area contributed by atoms with Crippen molar-refractivity contribution in [1.29, 1.82) is 0 Å². The highest BCUT2D eigenvalue weighted by molar-refractivity contribution is 7.13. The van der Waals surface area contributed by atoms with E-state index in [1.54, 1.807) is 32.7 Å². The number of carbonyl (C=O) groups excluding carboxylic acids is 2. The highest BCUT2D eigenvalue weighted by Crippen LogP contribution is 2.33. The lowest BCUT2D eigenvalue weighted by Gasteiger charge is -2.16. The molecule has 0 aliphatic rings. The maximum Gasteiger partial charge on any atom is 0.273 e. The van der Waals surface area contributed by atoms with Crippen molar-refractivity contribution >= 4 is 23.2 Å². The fraction of sp³-hybridized carbons (Fsp3) is 0.389. The summed E-state index contributed by atoms with van der Waals surface area (Å²) in [5.41, 5.74) is 1.13. The third-order valence-electron chi connectivity index (χ3n) is 3.53. The molecule has 8 heteroatoms. The van der Waals surface area contributed by atoms with Crippen LogP contribution < -0.4 is 14.8 Å². The number of ether oxygens (including phenoxy) is 2. The molecule has 0 saturated heterocycles. The first-order chi connectivity index (χ1) is 12.3. The van der Waals surface area contributed by atoms with E-state index in [2.05, 4.69) is 10.3 Å². The van der Waals surface area contributed by atoms with E-state index >= 15 is 0 Å². The number of carbonyl (C=O) groups is 2. The Labute approximate surface area is 156 Å². The molecule has 0 unspecified atom stereocenters. The Morgan fingerprint density at radius 3 is 2.54 bits per heavy atom. The van der Waals surface area contributed by atoms with Crippen LogP contribution in [0.5, 0.6) is 11.5 Å². The molecule has 2 aromatic rings. The minimum absolute atomic E-state index is 0.0137. The van der Waals surface area contributed by atoms with Crippen molar-refractivity contribution in [2.24, 2.45) is 0 Å². The summed E-state index contributed by atoms with van der Waals surface area (Å²) < 4.78 is 10.5. The van der Waals surface area contributed by atoms with Crippen LogP contribution >= 0.6 is 11.3 Å². The molecule has 2 amide bonds. The maximum absolute atomic E-state index is 12.5. The molecule has 1 aromatic heterocycles. The van der Waals surface area contributed by atoms with Crippen molar-refractivity contribution in [3.63, 3.8) is 0 Å². The highest BCUT2D eigenvalue weighted by Gasteiger charge is 2.19. The summed E-state index contributed by atoms with van der Waals surface area (Å²) in [7, 11) is 4.72. The molecule has 140 valence electrons. The van der Waals surface area contributed by atoms with Gasteiger partial charge in [0, 0.05) is 24.0 Å². The second-order valence-corrected chi connectivity index (χ2v) is 6.85. The van der Waals surface area contributed by atoms with Gasteiger partial charge in [0.2, 0.25) is 5.91 Å². The normalized spacial score (nSPS) is 10.5. The summed E-state index contributed by atoms with van der Waals surface area (Å²) in [6.07, 6.45) is 0. The number of hydrogen-bond donors (Lipinski definition) is 1. The van der Waals surface area contributed by atoms with E-state index in [4.69, 9.17) is 9.47 Å². The van der Waals surface area contributed by atoms with Crippen LogP contribution in [0.25, 0.3) is 10.6 Å². The van der Waals surface area contributed by atoms with Crippen molar-refractivity contribution in [3.8, 4) is 22.1 Å². The Kier molecular flexibility index (Phi) is 6.57. The fourth-order valence-electron chi connectivity index (χ4n) is 2.32. The lowest BCUT2D eigenvalue weighted by Crippen LogP contribution is -2.40. The molecule has 0 spiro atoms.